The first-order valence-electron chi connectivity index (χ1n) is 4.04. The molecule has 1 aliphatic heterocycles. The van der Waals surface area contributed by atoms with E-state index in [-0.39, 0.29) is 0 Å². The monoisotopic (exact) mass is 222 g/mol. The molecular weight excluding hydrogens is 208 g/mol. The molecular formula is C7H14N2S3. The first-order valence-corrected chi connectivity index (χ1v) is 6.94. The minimum absolute atomic E-state index is 0.638. The summed E-state index contributed by atoms with van der Waals surface area (Å²) in [6, 6.07) is 0. The van der Waals surface area contributed by atoms with Crippen LogP contribution in [0.5, 0.6) is 0 Å². The molecule has 0 aromatic rings. The Balaban J connectivity index is 2.16. The zero-order chi connectivity index (χ0) is 8.81. The van der Waals surface area contributed by atoms with Crippen LogP contribution in [0, 0.1) is 0 Å². The molecule has 0 bridgehead atoms. The lowest BCUT2D eigenvalue weighted by atomic mass is 10.4. The lowest BCUT2D eigenvalue weighted by Gasteiger charge is -2.17. The van der Waals surface area contributed by atoms with Crippen molar-refractivity contribution in [1.29, 1.82) is 0 Å². The molecule has 0 aliphatic carbocycles. The molecule has 1 fully saturated rings. The Morgan fingerprint density at radius 3 is 2.42 bits per heavy atom. The highest BCUT2D eigenvalue weighted by Gasteiger charge is 2.08. The summed E-state index contributed by atoms with van der Waals surface area (Å²) in [4.78, 5) is 3.08. The normalized spacial score (nSPS) is 20.3. The van der Waals surface area contributed by atoms with E-state index in [1.165, 1.54) is 24.6 Å². The zero-order valence-electron chi connectivity index (χ0n) is 6.99. The molecule has 1 rings (SSSR count). The van der Waals surface area contributed by atoms with Crippen molar-refractivity contribution in [1.82, 2.24) is 4.90 Å². The predicted octanol–water partition coefficient (Wildman–Crippen LogP) is 1.36. The lowest BCUT2D eigenvalue weighted by molar-refractivity contribution is 0.320. The number of hydrogen-bond donors (Lipinski definition) is 1. The van der Waals surface area contributed by atoms with Gasteiger partial charge in [-0.05, 0) is 0 Å². The highest BCUT2D eigenvalue weighted by atomic mass is 33.1. The van der Waals surface area contributed by atoms with Gasteiger partial charge in [-0.25, -0.2) is 0 Å². The molecule has 2 N–H and O–H groups in total. The maximum atomic E-state index is 5.44. The fraction of sp³-hybridized carbons (Fsp3) is 0.857. The fourth-order valence-electron chi connectivity index (χ4n) is 1.05. The molecule has 0 saturated carbocycles. The smallest absolute Gasteiger partial charge is 0.0740 e. The molecule has 0 aromatic carbocycles. The third-order valence-electron chi connectivity index (χ3n) is 1.74. The summed E-state index contributed by atoms with van der Waals surface area (Å²) in [5.41, 5.74) is 5.44. The van der Waals surface area contributed by atoms with E-state index in [0.29, 0.717) is 4.99 Å². The molecule has 0 atom stereocenters. The summed E-state index contributed by atoms with van der Waals surface area (Å²) < 4.78 is 0. The van der Waals surface area contributed by atoms with Crippen LogP contribution in [0.25, 0.3) is 0 Å². The van der Waals surface area contributed by atoms with Gasteiger partial charge < -0.3 is 10.6 Å². The van der Waals surface area contributed by atoms with E-state index in [4.69, 9.17) is 18.0 Å². The van der Waals surface area contributed by atoms with E-state index >= 15 is 0 Å². The van der Waals surface area contributed by atoms with Crippen LogP contribution < -0.4 is 5.73 Å². The summed E-state index contributed by atoms with van der Waals surface area (Å²) in [5.74, 6) is 2.45. The van der Waals surface area contributed by atoms with Crippen LogP contribution in [-0.2, 0) is 0 Å². The molecule has 1 heterocycles. The van der Waals surface area contributed by atoms with Gasteiger partial charge in [-0.15, -0.1) is 0 Å². The molecule has 1 saturated heterocycles. The fourth-order valence-corrected chi connectivity index (χ4v) is 3.20. The average Bonchev–Trinajstić information content (AvgIpc) is 2.28. The summed E-state index contributed by atoms with van der Waals surface area (Å²) in [6.07, 6.45) is 0.866. The van der Waals surface area contributed by atoms with Crippen LogP contribution in [0.1, 0.15) is 6.42 Å². The Labute approximate surface area is 87.0 Å². The van der Waals surface area contributed by atoms with Gasteiger partial charge in [-0.1, -0.05) is 33.8 Å². The molecule has 0 unspecified atom stereocenters. The van der Waals surface area contributed by atoms with Crippen molar-refractivity contribution >= 4 is 38.8 Å². The SMILES string of the molecule is NC(=S)CCN1CCSSCC1. The number of nitrogens with two attached hydrogens (primary N) is 1. The number of rotatable bonds is 3. The van der Waals surface area contributed by atoms with E-state index in [1.807, 2.05) is 21.6 Å². The summed E-state index contributed by atoms with van der Waals surface area (Å²) >= 11 is 4.84. The molecule has 0 spiro atoms. The molecule has 5 heteroatoms. The summed E-state index contributed by atoms with van der Waals surface area (Å²) in [6.45, 7) is 3.40. The summed E-state index contributed by atoms with van der Waals surface area (Å²) in [5, 5.41) is 0. The van der Waals surface area contributed by atoms with Crippen molar-refractivity contribution in [2.45, 2.75) is 6.42 Å². The van der Waals surface area contributed by atoms with E-state index in [2.05, 4.69) is 4.90 Å². The molecule has 12 heavy (non-hydrogen) atoms. The Kier molecular flexibility index (Phi) is 5.38. The Bertz CT molecular complexity index is 144. The minimum Gasteiger partial charge on any atom is -0.393 e. The number of hydrogen-bond acceptors (Lipinski definition) is 4. The first kappa shape index (κ1) is 10.6. The van der Waals surface area contributed by atoms with Gasteiger partial charge in [0.05, 0.1) is 4.99 Å². The van der Waals surface area contributed by atoms with Crippen LogP contribution >= 0.6 is 33.8 Å². The molecule has 0 amide bonds. The maximum absolute atomic E-state index is 5.44. The van der Waals surface area contributed by atoms with Gasteiger partial charge >= 0.3 is 0 Å². The molecule has 0 aromatic heterocycles. The van der Waals surface area contributed by atoms with Crippen LogP contribution in [0.4, 0.5) is 0 Å². The van der Waals surface area contributed by atoms with E-state index in [1.54, 1.807) is 0 Å². The van der Waals surface area contributed by atoms with Crippen molar-refractivity contribution in [2.24, 2.45) is 5.73 Å². The highest BCUT2D eigenvalue weighted by molar-refractivity contribution is 8.76. The second kappa shape index (κ2) is 6.07. The van der Waals surface area contributed by atoms with Crippen molar-refractivity contribution in [3.8, 4) is 0 Å². The van der Waals surface area contributed by atoms with Crippen molar-refractivity contribution in [3.63, 3.8) is 0 Å². The van der Waals surface area contributed by atoms with Crippen molar-refractivity contribution in [2.75, 3.05) is 31.1 Å². The number of thiocarbonyl (C=S) groups is 1. The molecule has 70 valence electrons. The average molecular weight is 222 g/mol. The Morgan fingerprint density at radius 1 is 1.33 bits per heavy atom. The predicted molar refractivity (Wildman–Crippen MR) is 62.8 cm³/mol. The van der Waals surface area contributed by atoms with Gasteiger partial charge in [0.1, 0.15) is 0 Å². The number of nitrogens with zero attached hydrogens (tertiary/aromatic N) is 1. The van der Waals surface area contributed by atoms with Crippen LogP contribution in [0.15, 0.2) is 0 Å². The van der Waals surface area contributed by atoms with E-state index in [0.717, 1.165) is 13.0 Å². The van der Waals surface area contributed by atoms with Gasteiger partial charge in [0, 0.05) is 37.6 Å². The van der Waals surface area contributed by atoms with Gasteiger partial charge in [-0.2, -0.15) is 0 Å². The second-order valence-electron chi connectivity index (χ2n) is 2.70. The van der Waals surface area contributed by atoms with Crippen molar-refractivity contribution < 1.29 is 0 Å². The first-order chi connectivity index (χ1) is 5.79. The van der Waals surface area contributed by atoms with E-state index < -0.39 is 0 Å². The molecule has 1 aliphatic rings. The molecule has 2 nitrogen and oxygen atoms in total. The van der Waals surface area contributed by atoms with Gasteiger partial charge in [0.15, 0.2) is 0 Å². The van der Waals surface area contributed by atoms with Crippen LogP contribution in [0.3, 0.4) is 0 Å². The zero-order valence-corrected chi connectivity index (χ0v) is 9.44. The quantitative estimate of drug-likeness (QED) is 0.575. The lowest BCUT2D eigenvalue weighted by Crippen LogP contribution is -2.30. The molecule has 0 radical (unpaired) electrons. The standard InChI is InChI=1S/C7H14N2S3/c8-7(10)1-2-9-3-5-11-12-6-4-9/h1-6H2,(H2,8,10). The largest absolute Gasteiger partial charge is 0.393 e. The minimum atomic E-state index is 0.638. The Morgan fingerprint density at radius 2 is 1.92 bits per heavy atom. The third kappa shape index (κ3) is 4.54. The van der Waals surface area contributed by atoms with Gasteiger partial charge in [0.25, 0.3) is 0 Å². The van der Waals surface area contributed by atoms with Crippen LogP contribution in [0.2, 0.25) is 0 Å². The Hall–Kier alpha value is 0.550. The third-order valence-corrected chi connectivity index (χ3v) is 4.31. The van der Waals surface area contributed by atoms with Gasteiger partial charge in [-0.3, -0.25) is 0 Å². The maximum Gasteiger partial charge on any atom is 0.0740 e. The summed E-state index contributed by atoms with van der Waals surface area (Å²) in [7, 11) is 3.93. The topological polar surface area (TPSA) is 29.3 Å². The van der Waals surface area contributed by atoms with Crippen molar-refractivity contribution in [3.05, 3.63) is 0 Å². The second-order valence-corrected chi connectivity index (χ2v) is 5.93. The van der Waals surface area contributed by atoms with Gasteiger partial charge in [0.2, 0.25) is 0 Å². The van der Waals surface area contributed by atoms with Crippen LogP contribution in [-0.4, -0.2) is 41.0 Å². The highest BCUT2D eigenvalue weighted by Crippen LogP contribution is 2.23. The van der Waals surface area contributed by atoms with E-state index in [9.17, 15) is 0 Å².